The summed E-state index contributed by atoms with van der Waals surface area (Å²) in [5.74, 6) is 3.65. The normalized spacial score (nSPS) is 37.0. The van der Waals surface area contributed by atoms with E-state index in [-0.39, 0.29) is 0 Å². The Morgan fingerprint density at radius 1 is 0.735 bits per heavy atom. The van der Waals surface area contributed by atoms with Crippen molar-refractivity contribution >= 4 is 0 Å². The Morgan fingerprint density at radius 2 is 1.18 bits per heavy atom. The molecule has 8 rings (SSSR count). The summed E-state index contributed by atoms with van der Waals surface area (Å²) >= 11 is 0. The van der Waals surface area contributed by atoms with Crippen molar-refractivity contribution in [2.45, 2.75) is 75.4 Å². The Hall–Kier alpha value is -2.04. The van der Waals surface area contributed by atoms with E-state index in [4.69, 9.17) is 18.9 Å². The third-order valence-corrected chi connectivity index (χ3v) is 9.28. The van der Waals surface area contributed by atoms with Gasteiger partial charge in [-0.1, -0.05) is 12.1 Å². The molecule has 2 aliphatic heterocycles. The lowest BCUT2D eigenvalue weighted by Gasteiger charge is -2.63. The summed E-state index contributed by atoms with van der Waals surface area (Å²) in [4.78, 5) is 0. The number of benzene rings is 2. The molecule has 2 aromatic carbocycles. The lowest BCUT2D eigenvalue weighted by Crippen LogP contribution is -2.56. The number of hydrogen-bond acceptors (Lipinski definition) is 4. The summed E-state index contributed by atoms with van der Waals surface area (Å²) < 4.78 is 22.6. The highest BCUT2D eigenvalue weighted by Gasteiger charge is 2.59. The van der Waals surface area contributed by atoms with Crippen LogP contribution in [0.25, 0.3) is 0 Å². The van der Waals surface area contributed by atoms with Crippen molar-refractivity contribution in [2.24, 2.45) is 11.8 Å². The van der Waals surface area contributed by atoms with Gasteiger partial charge in [0.15, 0.2) is 0 Å². The van der Waals surface area contributed by atoms with Crippen molar-refractivity contribution in [1.29, 1.82) is 0 Å². The molecule has 34 heavy (non-hydrogen) atoms. The summed E-state index contributed by atoms with van der Waals surface area (Å²) in [5.41, 5.74) is 6.54. The standard InChI is InChI=1S/C30H36O4/c1-19-7-23(31-14-25-16-33-25)3-5-27(19)29-10-21-9-22(11-29)13-30(12-21,18-29)28-6-4-24(8-20(28)2)32-15-26-17-34-26/h3-8,21-22,25-26H,9-18H2,1-2H3. The number of ether oxygens (including phenoxy) is 4. The van der Waals surface area contributed by atoms with Crippen molar-refractivity contribution < 1.29 is 18.9 Å². The molecule has 0 spiro atoms. The highest BCUT2D eigenvalue weighted by atomic mass is 16.6. The predicted octanol–water partition coefficient (Wildman–Crippen LogP) is 5.65. The molecule has 0 radical (unpaired) electrons. The van der Waals surface area contributed by atoms with E-state index in [1.165, 1.54) is 49.7 Å². The molecule has 6 aliphatic rings. The van der Waals surface area contributed by atoms with Gasteiger partial charge in [-0.2, -0.15) is 0 Å². The lowest BCUT2D eigenvalue weighted by molar-refractivity contribution is -0.0286. The van der Waals surface area contributed by atoms with E-state index in [1.54, 1.807) is 11.1 Å². The van der Waals surface area contributed by atoms with Crippen LogP contribution < -0.4 is 9.47 Å². The molecule has 4 saturated carbocycles. The van der Waals surface area contributed by atoms with Gasteiger partial charge in [0.2, 0.25) is 0 Å². The van der Waals surface area contributed by atoms with Crippen molar-refractivity contribution in [3.8, 4) is 11.5 Å². The molecule has 4 heteroatoms. The third-order valence-electron chi connectivity index (χ3n) is 9.28. The monoisotopic (exact) mass is 460 g/mol. The molecular formula is C30H36O4. The SMILES string of the molecule is Cc1cc(OCC2CO2)ccc1C12CC3CC(C1)CC(c1ccc(OCC4CO4)cc1C)(C3)C2. The largest absolute Gasteiger partial charge is 0.491 e. The summed E-state index contributed by atoms with van der Waals surface area (Å²) in [5, 5.41) is 0. The Balaban J connectivity index is 1.18. The zero-order chi connectivity index (χ0) is 22.9. The fourth-order valence-electron chi connectivity index (χ4n) is 8.24. The van der Waals surface area contributed by atoms with Crippen molar-refractivity contribution in [2.75, 3.05) is 26.4 Å². The minimum Gasteiger partial charge on any atom is -0.491 e. The zero-order valence-corrected chi connectivity index (χ0v) is 20.5. The average molecular weight is 461 g/mol. The van der Waals surface area contributed by atoms with E-state index in [1.807, 2.05) is 0 Å². The third kappa shape index (κ3) is 3.74. The fourth-order valence-corrected chi connectivity index (χ4v) is 8.24. The maximum Gasteiger partial charge on any atom is 0.119 e. The topological polar surface area (TPSA) is 43.5 Å². The van der Waals surface area contributed by atoms with Gasteiger partial charge in [0.1, 0.15) is 36.9 Å². The summed E-state index contributed by atoms with van der Waals surface area (Å²) in [6, 6.07) is 13.7. The zero-order valence-electron chi connectivity index (χ0n) is 20.5. The highest BCUT2D eigenvalue weighted by Crippen LogP contribution is 2.66. The molecule has 4 bridgehead atoms. The number of rotatable bonds is 8. The van der Waals surface area contributed by atoms with Crippen LogP contribution in [0.2, 0.25) is 0 Å². The lowest BCUT2D eigenvalue weighted by atomic mass is 9.41. The minimum absolute atomic E-state index is 0.296. The molecule has 2 aromatic rings. The molecular weight excluding hydrogens is 424 g/mol. The summed E-state index contributed by atoms with van der Waals surface area (Å²) in [6.07, 6.45) is 8.70. The van der Waals surface area contributed by atoms with Crippen LogP contribution in [0.4, 0.5) is 0 Å². The van der Waals surface area contributed by atoms with Crippen LogP contribution in [-0.4, -0.2) is 38.6 Å². The van der Waals surface area contributed by atoms with Crippen LogP contribution in [0.15, 0.2) is 36.4 Å². The van der Waals surface area contributed by atoms with E-state index < -0.39 is 0 Å². The average Bonchev–Trinajstić information content (AvgIpc) is 3.71. The van der Waals surface area contributed by atoms with Gasteiger partial charge in [-0.15, -0.1) is 0 Å². The van der Waals surface area contributed by atoms with E-state index in [9.17, 15) is 0 Å². The smallest absolute Gasteiger partial charge is 0.119 e. The molecule has 2 atom stereocenters. The molecule has 0 aromatic heterocycles. The molecule has 2 heterocycles. The Labute approximate surface area is 202 Å². The number of epoxide rings is 2. The van der Waals surface area contributed by atoms with E-state index >= 15 is 0 Å². The van der Waals surface area contributed by atoms with Gasteiger partial charge in [0.25, 0.3) is 0 Å². The van der Waals surface area contributed by atoms with Gasteiger partial charge >= 0.3 is 0 Å². The van der Waals surface area contributed by atoms with Gasteiger partial charge in [-0.25, -0.2) is 0 Å². The van der Waals surface area contributed by atoms with E-state index in [0.29, 0.717) is 36.3 Å². The minimum atomic E-state index is 0.296. The maximum atomic E-state index is 5.99. The molecule has 180 valence electrons. The van der Waals surface area contributed by atoms with Gasteiger partial charge in [-0.3, -0.25) is 0 Å². The van der Waals surface area contributed by atoms with Crippen LogP contribution in [0.1, 0.15) is 60.8 Å². The molecule has 6 fully saturated rings. The number of aryl methyl sites for hydroxylation is 2. The number of hydrogen-bond donors (Lipinski definition) is 0. The van der Waals surface area contributed by atoms with Gasteiger partial charge in [-0.05, 0) is 122 Å². The molecule has 0 N–H and O–H groups in total. The van der Waals surface area contributed by atoms with Crippen LogP contribution >= 0.6 is 0 Å². The van der Waals surface area contributed by atoms with Gasteiger partial charge < -0.3 is 18.9 Å². The van der Waals surface area contributed by atoms with Crippen molar-refractivity contribution in [1.82, 2.24) is 0 Å². The molecule has 2 unspecified atom stereocenters. The Kier molecular flexibility index (Phi) is 4.83. The fraction of sp³-hybridized carbons (Fsp3) is 0.600. The quantitative estimate of drug-likeness (QED) is 0.478. The molecule has 0 amide bonds. The Bertz CT molecular complexity index is 1000. The van der Waals surface area contributed by atoms with Gasteiger partial charge in [0.05, 0.1) is 13.2 Å². The van der Waals surface area contributed by atoms with Crippen molar-refractivity contribution in [3.63, 3.8) is 0 Å². The van der Waals surface area contributed by atoms with Gasteiger partial charge in [0, 0.05) is 0 Å². The first-order valence-electron chi connectivity index (χ1n) is 13.2. The second-order valence-corrected chi connectivity index (χ2v) is 12.0. The van der Waals surface area contributed by atoms with E-state index in [0.717, 1.165) is 36.5 Å². The maximum absolute atomic E-state index is 5.99. The molecule has 4 aliphatic carbocycles. The van der Waals surface area contributed by atoms with Crippen LogP contribution in [0.3, 0.4) is 0 Å². The summed E-state index contributed by atoms with van der Waals surface area (Å²) in [7, 11) is 0. The Morgan fingerprint density at radius 3 is 1.56 bits per heavy atom. The first kappa shape index (κ1) is 21.3. The van der Waals surface area contributed by atoms with Crippen LogP contribution in [-0.2, 0) is 20.3 Å². The first-order chi connectivity index (χ1) is 16.5. The van der Waals surface area contributed by atoms with Crippen LogP contribution in [0.5, 0.6) is 11.5 Å². The molecule has 2 saturated heterocycles. The van der Waals surface area contributed by atoms with Crippen LogP contribution in [0, 0.1) is 25.7 Å². The highest BCUT2D eigenvalue weighted by molar-refractivity contribution is 5.46. The first-order valence-corrected chi connectivity index (χ1v) is 13.2. The summed E-state index contributed by atoms with van der Waals surface area (Å²) in [6.45, 7) is 7.61. The predicted molar refractivity (Wildman–Crippen MR) is 131 cm³/mol. The second kappa shape index (κ2) is 7.73. The van der Waals surface area contributed by atoms with E-state index in [2.05, 4.69) is 50.2 Å². The second-order valence-electron chi connectivity index (χ2n) is 12.0. The molecule has 4 nitrogen and oxygen atoms in total. The van der Waals surface area contributed by atoms with Crippen molar-refractivity contribution in [3.05, 3.63) is 58.7 Å².